The molecule has 1 aromatic carbocycles. The summed E-state index contributed by atoms with van der Waals surface area (Å²) in [5.41, 5.74) is 4.49. The second kappa shape index (κ2) is 5.63. The van der Waals surface area contributed by atoms with Crippen molar-refractivity contribution in [1.82, 2.24) is 4.98 Å². The van der Waals surface area contributed by atoms with E-state index in [9.17, 15) is 9.90 Å². The highest BCUT2D eigenvalue weighted by Gasteiger charge is 2.13. The zero-order valence-corrected chi connectivity index (χ0v) is 13.1. The molecule has 0 saturated carbocycles. The second-order valence-corrected chi connectivity index (χ2v) is 5.63. The molecule has 104 valence electrons. The van der Waals surface area contributed by atoms with E-state index < -0.39 is 5.97 Å². The third-order valence-electron chi connectivity index (χ3n) is 3.03. The van der Waals surface area contributed by atoms with Gasteiger partial charge in [-0.2, -0.15) is 0 Å². The van der Waals surface area contributed by atoms with Crippen molar-refractivity contribution in [1.29, 1.82) is 0 Å². The van der Waals surface area contributed by atoms with Gasteiger partial charge in [-0.05, 0) is 50.1 Å². The number of rotatable bonds is 3. The van der Waals surface area contributed by atoms with Gasteiger partial charge in [0.25, 0.3) is 0 Å². The van der Waals surface area contributed by atoms with E-state index in [1.807, 2.05) is 32.9 Å². The van der Waals surface area contributed by atoms with E-state index in [0.29, 0.717) is 5.69 Å². The average Bonchev–Trinajstić information content (AvgIpc) is 2.33. The van der Waals surface area contributed by atoms with Gasteiger partial charge in [0.15, 0.2) is 0 Å². The van der Waals surface area contributed by atoms with Gasteiger partial charge in [0, 0.05) is 22.1 Å². The Hall–Kier alpha value is -1.88. The topological polar surface area (TPSA) is 62.2 Å². The lowest BCUT2D eigenvalue weighted by atomic mass is 10.1. The van der Waals surface area contributed by atoms with E-state index in [1.54, 1.807) is 6.07 Å². The Morgan fingerprint density at radius 1 is 1.20 bits per heavy atom. The van der Waals surface area contributed by atoms with Crippen molar-refractivity contribution < 1.29 is 9.90 Å². The molecule has 2 aromatic rings. The number of carboxylic acid groups (broad SMARTS) is 1. The number of carbonyl (C=O) groups is 1. The van der Waals surface area contributed by atoms with Crippen LogP contribution in [-0.4, -0.2) is 16.1 Å². The lowest BCUT2D eigenvalue weighted by Gasteiger charge is -2.15. The van der Waals surface area contributed by atoms with Crippen LogP contribution in [-0.2, 0) is 0 Å². The molecule has 2 rings (SSSR count). The first-order chi connectivity index (χ1) is 9.38. The van der Waals surface area contributed by atoms with Crippen LogP contribution in [0.5, 0.6) is 0 Å². The van der Waals surface area contributed by atoms with Crippen LogP contribution >= 0.6 is 15.9 Å². The predicted molar refractivity (Wildman–Crippen MR) is 82.8 cm³/mol. The van der Waals surface area contributed by atoms with Crippen LogP contribution in [0.2, 0.25) is 0 Å². The van der Waals surface area contributed by atoms with Gasteiger partial charge >= 0.3 is 5.97 Å². The number of halogens is 1. The number of aromatic nitrogens is 1. The third-order valence-corrected chi connectivity index (χ3v) is 3.49. The molecule has 0 unspecified atom stereocenters. The van der Waals surface area contributed by atoms with Gasteiger partial charge < -0.3 is 10.4 Å². The predicted octanol–water partition coefficient (Wildman–Crippen LogP) is 4.21. The number of nitrogens with one attached hydrogen (secondary N) is 1. The maximum absolute atomic E-state index is 11.3. The molecule has 0 radical (unpaired) electrons. The Bertz CT molecular complexity index is 661. The number of anilines is 2. The first-order valence-electron chi connectivity index (χ1n) is 6.12. The van der Waals surface area contributed by atoms with Crippen LogP contribution < -0.4 is 5.32 Å². The number of nitrogens with zero attached hydrogens (tertiary/aromatic N) is 1. The molecule has 0 amide bonds. The largest absolute Gasteiger partial charge is 0.478 e. The maximum atomic E-state index is 11.3. The van der Waals surface area contributed by atoms with Gasteiger partial charge in [-0.25, -0.2) is 4.79 Å². The summed E-state index contributed by atoms with van der Waals surface area (Å²) < 4.78 is 1.00. The molecular weight excluding hydrogens is 320 g/mol. The summed E-state index contributed by atoms with van der Waals surface area (Å²) in [6.45, 7) is 5.79. The van der Waals surface area contributed by atoms with Crippen molar-refractivity contribution in [3.63, 3.8) is 0 Å². The van der Waals surface area contributed by atoms with Gasteiger partial charge in [0.05, 0.1) is 5.69 Å². The number of carboxylic acids is 1. The molecule has 0 fully saturated rings. The molecule has 0 aliphatic carbocycles. The quantitative estimate of drug-likeness (QED) is 0.882. The van der Waals surface area contributed by atoms with Crippen LogP contribution in [0, 0.1) is 20.8 Å². The standard InChI is InChI=1S/C15H15BrN2O2/c1-8-4-11(16)5-9(2)14(8)18-13-6-10(3)17-7-12(13)15(19)20/h4-7H,1-3H3,(H,17,18)(H,19,20). The first-order valence-corrected chi connectivity index (χ1v) is 6.91. The fraction of sp³-hybridized carbons (Fsp3) is 0.200. The number of aromatic carboxylic acids is 1. The van der Waals surface area contributed by atoms with Gasteiger partial charge in [0.2, 0.25) is 0 Å². The average molecular weight is 335 g/mol. The van der Waals surface area contributed by atoms with Crippen molar-refractivity contribution in [2.24, 2.45) is 0 Å². The summed E-state index contributed by atoms with van der Waals surface area (Å²) in [5.74, 6) is -0.993. The SMILES string of the molecule is Cc1cc(Nc2c(C)cc(Br)cc2C)c(C(=O)O)cn1. The number of hydrogen-bond donors (Lipinski definition) is 2. The van der Waals surface area contributed by atoms with Crippen molar-refractivity contribution in [2.75, 3.05) is 5.32 Å². The molecule has 2 N–H and O–H groups in total. The van der Waals surface area contributed by atoms with E-state index in [2.05, 4.69) is 26.2 Å². The lowest BCUT2D eigenvalue weighted by Crippen LogP contribution is -2.06. The zero-order valence-electron chi connectivity index (χ0n) is 11.5. The van der Waals surface area contributed by atoms with Crippen LogP contribution in [0.25, 0.3) is 0 Å². The molecule has 0 bridgehead atoms. The number of hydrogen-bond acceptors (Lipinski definition) is 3. The fourth-order valence-corrected chi connectivity index (χ4v) is 2.76. The normalized spacial score (nSPS) is 10.4. The molecule has 1 aromatic heterocycles. The zero-order chi connectivity index (χ0) is 14.9. The van der Waals surface area contributed by atoms with Crippen LogP contribution in [0.15, 0.2) is 28.9 Å². The summed E-state index contributed by atoms with van der Waals surface area (Å²) in [6.07, 6.45) is 1.38. The van der Waals surface area contributed by atoms with Crippen molar-refractivity contribution in [2.45, 2.75) is 20.8 Å². The molecule has 20 heavy (non-hydrogen) atoms. The summed E-state index contributed by atoms with van der Waals surface area (Å²) in [7, 11) is 0. The molecule has 0 aliphatic heterocycles. The molecule has 0 aliphatic rings. The molecular formula is C15H15BrN2O2. The van der Waals surface area contributed by atoms with Crippen molar-refractivity contribution >= 4 is 33.3 Å². The Morgan fingerprint density at radius 2 is 1.80 bits per heavy atom. The summed E-state index contributed by atoms with van der Waals surface area (Å²) in [6, 6.07) is 5.72. The van der Waals surface area contributed by atoms with Gasteiger partial charge in [0.1, 0.15) is 5.56 Å². The van der Waals surface area contributed by atoms with E-state index in [0.717, 1.165) is 27.0 Å². The van der Waals surface area contributed by atoms with E-state index in [-0.39, 0.29) is 5.56 Å². The Balaban J connectivity index is 2.50. The Labute approximate surface area is 126 Å². The summed E-state index contributed by atoms with van der Waals surface area (Å²) >= 11 is 3.45. The van der Waals surface area contributed by atoms with E-state index in [4.69, 9.17) is 0 Å². The Kier molecular flexibility index (Phi) is 4.09. The monoisotopic (exact) mass is 334 g/mol. The highest BCUT2D eigenvalue weighted by molar-refractivity contribution is 9.10. The van der Waals surface area contributed by atoms with Gasteiger partial charge in [-0.3, -0.25) is 4.98 Å². The maximum Gasteiger partial charge on any atom is 0.339 e. The fourth-order valence-electron chi connectivity index (χ4n) is 2.08. The minimum absolute atomic E-state index is 0.164. The van der Waals surface area contributed by atoms with Crippen molar-refractivity contribution in [3.05, 3.63) is 51.3 Å². The van der Waals surface area contributed by atoms with Crippen molar-refractivity contribution in [3.8, 4) is 0 Å². The third kappa shape index (κ3) is 2.99. The van der Waals surface area contributed by atoms with E-state index >= 15 is 0 Å². The Morgan fingerprint density at radius 3 is 2.35 bits per heavy atom. The highest BCUT2D eigenvalue weighted by atomic mass is 79.9. The van der Waals surface area contributed by atoms with Crippen LogP contribution in [0.3, 0.4) is 0 Å². The molecule has 1 heterocycles. The molecule has 0 saturated heterocycles. The van der Waals surface area contributed by atoms with Crippen LogP contribution in [0.4, 0.5) is 11.4 Å². The van der Waals surface area contributed by atoms with Gasteiger partial charge in [-0.1, -0.05) is 15.9 Å². The molecule has 5 heteroatoms. The minimum Gasteiger partial charge on any atom is -0.478 e. The van der Waals surface area contributed by atoms with E-state index in [1.165, 1.54) is 6.20 Å². The smallest absolute Gasteiger partial charge is 0.339 e. The summed E-state index contributed by atoms with van der Waals surface area (Å²) in [4.78, 5) is 15.3. The number of aryl methyl sites for hydroxylation is 3. The minimum atomic E-state index is -0.993. The second-order valence-electron chi connectivity index (χ2n) is 4.72. The number of benzene rings is 1. The van der Waals surface area contributed by atoms with Gasteiger partial charge in [-0.15, -0.1) is 0 Å². The molecule has 0 atom stereocenters. The summed E-state index contributed by atoms with van der Waals surface area (Å²) in [5, 5.41) is 12.4. The molecule has 0 spiro atoms. The van der Waals surface area contributed by atoms with Crippen LogP contribution in [0.1, 0.15) is 27.2 Å². The molecule has 4 nitrogen and oxygen atoms in total. The number of pyridine rings is 1. The first kappa shape index (κ1) is 14.5. The highest BCUT2D eigenvalue weighted by Crippen LogP contribution is 2.29. The lowest BCUT2D eigenvalue weighted by molar-refractivity contribution is 0.0697.